The maximum absolute atomic E-state index is 8.59. The minimum atomic E-state index is -3.12. The second-order valence-corrected chi connectivity index (χ2v) is 2.14. The number of hydrogen-bond acceptors (Lipinski definition) is 6. The van der Waals surface area contributed by atoms with Gasteiger partial charge in [-0.25, -0.2) is 0 Å². The van der Waals surface area contributed by atoms with Gasteiger partial charge >= 0.3 is 113 Å². The van der Waals surface area contributed by atoms with Crippen molar-refractivity contribution >= 4 is 24.8 Å². The molecule has 3 N–H and O–H groups in total. The summed E-state index contributed by atoms with van der Waals surface area (Å²) >= 11 is 0. The minimum Gasteiger partial charge on any atom is -0.567 e. The van der Waals surface area contributed by atoms with E-state index in [9.17, 15) is 0 Å². The molecule has 0 heterocycles. The fourth-order valence-corrected chi connectivity index (χ4v) is 0. The quantitative estimate of drug-likeness (QED) is 0.289. The van der Waals surface area contributed by atoms with Gasteiger partial charge in [0, 0.05) is 0 Å². The molecule has 0 fully saturated rings. The molecule has 72 valence electrons. The molecule has 0 aliphatic heterocycles. The van der Waals surface area contributed by atoms with Crippen LogP contribution in [-0.2, 0) is 13.7 Å². The molecule has 15 heteroatoms. The molecule has 0 aromatic rings. The van der Waals surface area contributed by atoms with E-state index in [1.807, 2.05) is 0 Å². The van der Waals surface area contributed by atoms with Crippen LogP contribution in [0.4, 0.5) is 0 Å². The van der Waals surface area contributed by atoms with Crippen LogP contribution < -0.4 is 103 Å². The van der Waals surface area contributed by atoms with Gasteiger partial charge in [-0.05, 0) is 13.7 Å². The van der Waals surface area contributed by atoms with Crippen LogP contribution in [0.15, 0.2) is 0 Å². The van der Waals surface area contributed by atoms with Crippen LogP contribution in [0.3, 0.4) is 0 Å². The van der Waals surface area contributed by atoms with Crippen LogP contribution >= 0.6 is 24.8 Å². The van der Waals surface area contributed by atoms with Crippen molar-refractivity contribution in [2.24, 2.45) is 0 Å². The summed E-state index contributed by atoms with van der Waals surface area (Å²) in [5, 5.41) is 0. The zero-order chi connectivity index (χ0) is 10.7. The summed E-state index contributed by atoms with van der Waals surface area (Å²) in [6.07, 6.45) is 0. The molecule has 0 radical (unpaired) electrons. The second-order valence-electron chi connectivity index (χ2n) is 0.714. The van der Waals surface area contributed by atoms with E-state index in [1.165, 1.54) is 0 Å². The van der Waals surface area contributed by atoms with E-state index in [2.05, 4.69) is 0 Å². The number of rotatable bonds is 0. The topological polar surface area (TPSA) is 181 Å². The van der Waals surface area contributed by atoms with Crippen molar-refractivity contribution in [1.82, 2.24) is 0 Å². The Morgan fingerprint density at radius 2 is 0.600 bits per heavy atom. The molecule has 3 atom stereocenters. The molecule has 15 heavy (non-hydrogen) atoms. The Morgan fingerprint density at radius 1 is 0.600 bits per heavy atom. The third kappa shape index (κ3) is 413. The Labute approximate surface area is 154 Å². The minimum absolute atomic E-state index is 0. The first-order valence-electron chi connectivity index (χ1n) is 1.70. The normalized spacial score (nSPS) is 8.80. The smallest absolute Gasteiger partial charge is 0.567 e. The largest absolute Gasteiger partial charge is 1.00 e. The summed E-state index contributed by atoms with van der Waals surface area (Å²) in [4.78, 5) is 46.8. The van der Waals surface area contributed by atoms with Crippen molar-refractivity contribution in [2.75, 3.05) is 0 Å². The van der Waals surface area contributed by atoms with Gasteiger partial charge < -0.3 is 14.7 Å². The third-order valence-corrected chi connectivity index (χ3v) is 0. The third-order valence-electron chi connectivity index (χ3n) is 0. The molecular weight excluding hydrogens is 306 g/mol. The van der Waals surface area contributed by atoms with E-state index in [4.69, 9.17) is 43.1 Å². The van der Waals surface area contributed by atoms with E-state index >= 15 is 0 Å². The molecule has 9 nitrogen and oxygen atoms in total. The van der Waals surface area contributed by atoms with Gasteiger partial charge in [-0.3, -0.25) is 0 Å². The van der Waals surface area contributed by atoms with Crippen molar-refractivity contribution in [1.29, 1.82) is 0 Å². The molecule has 3 unspecified atom stereocenters. The molecule has 0 amide bonds. The summed E-state index contributed by atoms with van der Waals surface area (Å²) in [5.74, 6) is 0. The molecule has 0 aromatic heterocycles. The molecule has 0 aromatic carbocycles. The zero-order valence-corrected chi connectivity index (χ0v) is 16.8. The van der Waals surface area contributed by atoms with Gasteiger partial charge in [-0.15, -0.1) is 0 Å². The maximum Gasteiger partial charge on any atom is 1.00 e. The molecule has 0 rings (SSSR count). The predicted octanol–water partition coefficient (Wildman–Crippen LogP) is -12.0. The van der Waals surface area contributed by atoms with Crippen molar-refractivity contribution in [3.05, 3.63) is 0 Å². The van der Waals surface area contributed by atoms with Crippen LogP contribution in [0.1, 0.15) is 0 Å². The first-order chi connectivity index (χ1) is 5.20. The van der Waals surface area contributed by atoms with Gasteiger partial charge in [0.25, 0.3) is 0 Å². The standard InChI is InChI=1S/3Na.3HO3P/c;;;3*1-4(2)3/h;;;3*(H,1,2,3)/q3*+1;;;. The predicted molar refractivity (Wildman–Crippen MR) is 29.5 cm³/mol. The van der Waals surface area contributed by atoms with E-state index in [-0.39, 0.29) is 88.7 Å². The van der Waals surface area contributed by atoms with E-state index in [0.29, 0.717) is 0 Å². The summed E-state index contributed by atoms with van der Waals surface area (Å²) in [7, 11) is -9.36. The first kappa shape index (κ1) is 36.1. The zero-order valence-electron chi connectivity index (χ0n) is 8.13. The summed E-state index contributed by atoms with van der Waals surface area (Å²) in [6.45, 7) is 0. The van der Waals surface area contributed by atoms with Crippen LogP contribution in [0.2, 0.25) is 0 Å². The Bertz CT molecular complexity index is 118. The average molecular weight is 309 g/mol. The van der Waals surface area contributed by atoms with Gasteiger partial charge in [0.15, 0.2) is 0 Å². The summed E-state index contributed by atoms with van der Waals surface area (Å²) in [6, 6.07) is 0. The van der Waals surface area contributed by atoms with E-state index < -0.39 is 24.8 Å². The van der Waals surface area contributed by atoms with Gasteiger partial charge in [-0.2, -0.15) is 14.7 Å². The van der Waals surface area contributed by atoms with Gasteiger partial charge in [0.05, 0.1) is 0 Å². The first-order valence-corrected chi connectivity index (χ1v) is 5.09. The maximum atomic E-state index is 8.59. The molecule has 0 bridgehead atoms. The van der Waals surface area contributed by atoms with Gasteiger partial charge in [0.1, 0.15) is 0 Å². The van der Waals surface area contributed by atoms with Crippen LogP contribution in [0.5, 0.6) is 0 Å². The van der Waals surface area contributed by atoms with E-state index in [1.54, 1.807) is 0 Å². The fraction of sp³-hybridized carbons (Fsp3) is 0. The number of hydrogen-bond donors (Lipinski definition) is 3. The Morgan fingerprint density at radius 3 is 0.600 bits per heavy atom. The Hall–Kier alpha value is 3.06. The summed E-state index contributed by atoms with van der Waals surface area (Å²) < 4.78 is 25.8. The van der Waals surface area contributed by atoms with E-state index in [0.717, 1.165) is 0 Å². The molecule has 0 spiro atoms. The summed E-state index contributed by atoms with van der Waals surface area (Å²) in [5.41, 5.74) is 0. The Kier molecular flexibility index (Phi) is 72.9. The SMILES string of the molecule is O=[P+]([O-])O.O=[P+]([O-])O.O=[P+]([O-])O.[Na+].[Na+].[Na+]. The molecule has 0 aliphatic rings. The van der Waals surface area contributed by atoms with Crippen LogP contribution in [0.25, 0.3) is 0 Å². The van der Waals surface area contributed by atoms with Crippen molar-refractivity contribution in [3.8, 4) is 0 Å². The Balaban J connectivity index is -0.0000000184. The van der Waals surface area contributed by atoms with Gasteiger partial charge in [-0.1, -0.05) is 0 Å². The fourth-order valence-electron chi connectivity index (χ4n) is 0. The molecule has 0 saturated carbocycles. The monoisotopic (exact) mass is 309 g/mol. The van der Waals surface area contributed by atoms with Gasteiger partial charge in [0.2, 0.25) is 0 Å². The molecular formula is H3Na3O9P3+3. The van der Waals surface area contributed by atoms with Crippen LogP contribution in [0, 0.1) is 0 Å². The van der Waals surface area contributed by atoms with Crippen molar-refractivity contribution in [2.45, 2.75) is 0 Å². The van der Waals surface area contributed by atoms with Crippen LogP contribution in [-0.4, -0.2) is 14.7 Å². The van der Waals surface area contributed by atoms with Crippen molar-refractivity contribution < 1.29 is 132 Å². The molecule has 0 saturated heterocycles. The average Bonchev–Trinajstić information content (AvgIpc) is 1.54. The van der Waals surface area contributed by atoms with Crippen molar-refractivity contribution in [3.63, 3.8) is 0 Å². The second kappa shape index (κ2) is 30.3. The molecule has 0 aliphatic carbocycles.